The average Bonchev–Trinajstić information content (AvgIpc) is 2.71. The Morgan fingerprint density at radius 1 is 1.11 bits per heavy atom. The van der Waals surface area contributed by atoms with E-state index in [9.17, 15) is 0 Å². The Morgan fingerprint density at radius 3 is 2.36 bits per heavy atom. The smallest absolute Gasteiger partial charge is 0.184 e. The number of fused-ring (bicyclic) bond motifs is 1. The van der Waals surface area contributed by atoms with Gasteiger partial charge in [0.05, 0.1) is 24.2 Å². The molecule has 2 aromatic heterocycles. The fourth-order valence-corrected chi connectivity index (χ4v) is 2.30. The van der Waals surface area contributed by atoms with E-state index in [0.29, 0.717) is 35.2 Å². The number of pyridine rings is 1. The van der Waals surface area contributed by atoms with E-state index >= 15 is 0 Å². The first kappa shape index (κ1) is 22.9. The molecule has 3 aromatic rings. The molecule has 150 valence electrons. The maximum absolute atomic E-state index is 6.06. The van der Waals surface area contributed by atoms with Crippen molar-refractivity contribution in [2.24, 2.45) is 0 Å². The van der Waals surface area contributed by atoms with Crippen LogP contribution in [0.15, 0.2) is 49.0 Å². The first-order valence-corrected chi connectivity index (χ1v) is 9.66. The molecule has 0 fully saturated rings. The quantitative estimate of drug-likeness (QED) is 0.563. The summed E-state index contributed by atoms with van der Waals surface area (Å²) < 4.78 is 5.28. The van der Waals surface area contributed by atoms with Crippen LogP contribution in [0.25, 0.3) is 22.4 Å². The van der Waals surface area contributed by atoms with Gasteiger partial charge in [-0.15, -0.1) is 0 Å². The topological polar surface area (TPSA) is 86.0 Å². The zero-order valence-electron chi connectivity index (χ0n) is 17.7. The van der Waals surface area contributed by atoms with Crippen LogP contribution in [0.5, 0.6) is 0 Å². The van der Waals surface area contributed by atoms with E-state index < -0.39 is 0 Å². The third kappa shape index (κ3) is 5.94. The minimum atomic E-state index is 0.409. The van der Waals surface area contributed by atoms with Gasteiger partial charge in [-0.2, -0.15) is 0 Å². The molecule has 0 saturated carbocycles. The number of benzene rings is 1. The number of hydrogen-bond donors (Lipinski definition) is 2. The molecule has 0 atom stereocenters. The molecular formula is C22H31N5O. The van der Waals surface area contributed by atoms with Crippen molar-refractivity contribution in [3.63, 3.8) is 0 Å². The lowest BCUT2D eigenvalue weighted by Gasteiger charge is -2.11. The number of ether oxygens (including phenoxy) is 1. The normalized spacial score (nSPS) is 9.50. The van der Waals surface area contributed by atoms with E-state index in [2.05, 4.69) is 26.8 Å². The predicted molar refractivity (Wildman–Crippen MR) is 119 cm³/mol. The van der Waals surface area contributed by atoms with E-state index in [1.54, 1.807) is 12.3 Å². The van der Waals surface area contributed by atoms with Crippen LogP contribution < -0.4 is 11.1 Å². The second kappa shape index (κ2) is 11.5. The fourth-order valence-electron chi connectivity index (χ4n) is 2.30. The summed E-state index contributed by atoms with van der Waals surface area (Å²) in [7, 11) is 0. The van der Waals surface area contributed by atoms with Gasteiger partial charge >= 0.3 is 0 Å². The van der Waals surface area contributed by atoms with Crippen molar-refractivity contribution in [2.75, 3.05) is 17.7 Å². The number of nitrogen functional groups attached to an aromatic ring is 1. The van der Waals surface area contributed by atoms with Gasteiger partial charge in [-0.25, -0.2) is 15.0 Å². The Hall–Kier alpha value is -3.15. The molecule has 0 saturated heterocycles. The number of nitrogens with two attached hydrogens (primary N) is 1. The molecule has 3 N–H and O–H groups in total. The number of rotatable bonds is 5. The highest BCUT2D eigenvalue weighted by Gasteiger charge is 2.09. The van der Waals surface area contributed by atoms with Crippen molar-refractivity contribution in [3.05, 3.63) is 54.6 Å². The van der Waals surface area contributed by atoms with Crippen LogP contribution in [0.3, 0.4) is 0 Å². The van der Waals surface area contributed by atoms with Gasteiger partial charge in [0.25, 0.3) is 0 Å². The second-order valence-electron chi connectivity index (χ2n) is 5.37. The number of aromatic nitrogens is 3. The van der Waals surface area contributed by atoms with Crippen LogP contribution in [0.2, 0.25) is 0 Å². The number of anilines is 2. The van der Waals surface area contributed by atoms with Crippen LogP contribution in [0, 0.1) is 6.92 Å². The van der Waals surface area contributed by atoms with E-state index in [4.69, 9.17) is 10.5 Å². The molecule has 0 aliphatic heterocycles. The molecule has 0 spiro atoms. The molecule has 0 aliphatic carbocycles. The minimum absolute atomic E-state index is 0.409. The Labute approximate surface area is 167 Å². The van der Waals surface area contributed by atoms with Gasteiger partial charge < -0.3 is 15.8 Å². The van der Waals surface area contributed by atoms with Crippen molar-refractivity contribution in [1.82, 2.24) is 15.0 Å². The molecular weight excluding hydrogens is 350 g/mol. The third-order valence-corrected chi connectivity index (χ3v) is 3.48. The van der Waals surface area contributed by atoms with Gasteiger partial charge in [-0.05, 0) is 20.4 Å². The summed E-state index contributed by atoms with van der Waals surface area (Å²) in [6.45, 7) is 16.2. The molecule has 6 nitrogen and oxygen atoms in total. The van der Waals surface area contributed by atoms with Crippen molar-refractivity contribution in [2.45, 2.75) is 41.5 Å². The van der Waals surface area contributed by atoms with E-state index in [1.807, 2.05) is 65.8 Å². The van der Waals surface area contributed by atoms with Crippen LogP contribution in [0.4, 0.5) is 11.5 Å². The largest absolute Gasteiger partial charge is 0.480 e. The van der Waals surface area contributed by atoms with Crippen molar-refractivity contribution >= 4 is 22.7 Å². The van der Waals surface area contributed by atoms with Gasteiger partial charge in [-0.3, -0.25) is 0 Å². The summed E-state index contributed by atoms with van der Waals surface area (Å²) in [4.78, 5) is 13.4. The molecule has 0 radical (unpaired) electrons. The number of nitrogens with zero attached hydrogens (tertiary/aromatic N) is 3. The highest BCUT2D eigenvalue weighted by molar-refractivity contribution is 5.87. The first-order chi connectivity index (χ1) is 13.6. The summed E-state index contributed by atoms with van der Waals surface area (Å²) in [6.07, 6.45) is 1.71. The van der Waals surface area contributed by atoms with Gasteiger partial charge in [0, 0.05) is 11.6 Å². The summed E-state index contributed by atoms with van der Waals surface area (Å²) in [6, 6.07) is 9.77. The van der Waals surface area contributed by atoms with Gasteiger partial charge in [0.2, 0.25) is 0 Å². The van der Waals surface area contributed by atoms with Gasteiger partial charge in [0.15, 0.2) is 11.5 Å². The van der Waals surface area contributed by atoms with E-state index in [-0.39, 0.29) is 0 Å². The Kier molecular flexibility index (Phi) is 9.43. The summed E-state index contributed by atoms with van der Waals surface area (Å²) in [5, 5.41) is 2.97. The predicted octanol–water partition coefficient (Wildman–Crippen LogP) is 5.55. The molecule has 28 heavy (non-hydrogen) atoms. The molecule has 3 rings (SSSR count). The van der Waals surface area contributed by atoms with E-state index in [0.717, 1.165) is 11.3 Å². The average molecular weight is 382 g/mol. The fraction of sp³-hybridized carbons (Fsp3) is 0.318. The lowest BCUT2D eigenvalue weighted by atomic mass is 10.1. The highest BCUT2D eigenvalue weighted by Crippen LogP contribution is 2.24. The summed E-state index contributed by atoms with van der Waals surface area (Å²) >= 11 is 0. The standard InChI is InChI=1S/C18H19N5O.2C2H6/c1-4-24-12(3)21-16-9-14(19)17-18(23-16)22-15(10-20-17)13-7-5-11(2)6-8-13;2*1-2/h5-10H,3-4H2,1-2H3,(H3,19,21,22,23);2*1-2H3. The Morgan fingerprint density at radius 2 is 1.75 bits per heavy atom. The van der Waals surface area contributed by atoms with Crippen molar-refractivity contribution in [1.29, 1.82) is 0 Å². The van der Waals surface area contributed by atoms with Gasteiger partial charge in [-0.1, -0.05) is 57.5 Å². The molecule has 0 bridgehead atoms. The van der Waals surface area contributed by atoms with Crippen LogP contribution in [-0.4, -0.2) is 21.6 Å². The molecule has 6 heteroatoms. The van der Waals surface area contributed by atoms with Crippen LogP contribution >= 0.6 is 0 Å². The van der Waals surface area contributed by atoms with E-state index in [1.165, 1.54) is 5.56 Å². The number of hydrogen-bond acceptors (Lipinski definition) is 6. The lowest BCUT2D eigenvalue weighted by molar-refractivity contribution is 0.236. The molecule has 0 aliphatic rings. The third-order valence-electron chi connectivity index (χ3n) is 3.48. The SMILES string of the molecule is C=C(Nc1cc(N)c2ncc(-c3ccc(C)cc3)nc2n1)OCC.CC.CC. The van der Waals surface area contributed by atoms with Crippen molar-refractivity contribution < 1.29 is 4.74 Å². The monoisotopic (exact) mass is 381 g/mol. The number of nitrogens with one attached hydrogen (secondary N) is 1. The van der Waals surface area contributed by atoms with Crippen molar-refractivity contribution in [3.8, 4) is 11.3 Å². The summed E-state index contributed by atoms with van der Waals surface area (Å²) in [5.74, 6) is 0.931. The Bertz CT molecular complexity index is 891. The zero-order valence-corrected chi connectivity index (χ0v) is 17.7. The minimum Gasteiger partial charge on any atom is -0.480 e. The van der Waals surface area contributed by atoms with Gasteiger partial charge in [0.1, 0.15) is 11.3 Å². The lowest BCUT2D eigenvalue weighted by Crippen LogP contribution is -2.06. The Balaban J connectivity index is 0.000000921. The zero-order chi connectivity index (χ0) is 21.1. The maximum Gasteiger partial charge on any atom is 0.184 e. The summed E-state index contributed by atoms with van der Waals surface area (Å²) in [5.41, 5.74) is 10.5. The molecule has 1 aromatic carbocycles. The molecule has 2 heterocycles. The van der Waals surface area contributed by atoms with Crippen LogP contribution in [0.1, 0.15) is 40.2 Å². The number of aryl methyl sites for hydroxylation is 1. The second-order valence-corrected chi connectivity index (χ2v) is 5.37. The molecule has 0 amide bonds. The van der Waals surface area contributed by atoms with Crippen LogP contribution in [-0.2, 0) is 4.74 Å². The maximum atomic E-state index is 6.06. The highest BCUT2D eigenvalue weighted by atomic mass is 16.5. The molecule has 0 unspecified atom stereocenters. The first-order valence-electron chi connectivity index (χ1n) is 9.66.